The van der Waals surface area contributed by atoms with Crippen molar-refractivity contribution in [2.24, 2.45) is 5.92 Å². The van der Waals surface area contributed by atoms with E-state index in [4.69, 9.17) is 0 Å². The summed E-state index contributed by atoms with van der Waals surface area (Å²) in [7, 11) is 0. The summed E-state index contributed by atoms with van der Waals surface area (Å²) in [6.07, 6.45) is 5.24. The number of amides is 1. The third kappa shape index (κ3) is 4.59. The number of nitrogens with one attached hydrogen (secondary N) is 1. The minimum Gasteiger partial charge on any atom is -0.340 e. The van der Waals surface area contributed by atoms with Crippen LogP contribution in [0.2, 0.25) is 0 Å². The smallest absolute Gasteiger partial charge is 0.229 e. The number of nitrogens with zero attached hydrogens (tertiary/aromatic N) is 3. The molecule has 1 saturated heterocycles. The Morgan fingerprint density at radius 3 is 2.41 bits per heavy atom. The molecule has 148 valence electrons. The van der Waals surface area contributed by atoms with Gasteiger partial charge in [-0.1, -0.05) is 29.8 Å². The lowest BCUT2D eigenvalue weighted by Crippen LogP contribution is -2.41. The van der Waals surface area contributed by atoms with Crippen LogP contribution < -0.4 is 10.2 Å². The Morgan fingerprint density at radius 2 is 1.72 bits per heavy atom. The van der Waals surface area contributed by atoms with Gasteiger partial charge in [-0.3, -0.25) is 4.79 Å². The highest BCUT2D eigenvalue weighted by atomic mass is 19.1. The number of hydrogen-bond acceptors (Lipinski definition) is 4. The number of piperidine rings is 1. The molecular weight excluding hydrogens is 367 g/mol. The zero-order chi connectivity index (χ0) is 20.2. The fourth-order valence-corrected chi connectivity index (χ4v) is 3.53. The highest BCUT2D eigenvalue weighted by Gasteiger charge is 2.27. The standard InChI is InChI=1S/C23H23FN4O/c1-16-4-10-21(11-5-16)27-22(29)18-3-2-12-28(15-18)23-25-13-19(14-26-23)17-6-8-20(24)9-7-17/h4-11,13-14,18H,2-3,12,15H2,1H3,(H,27,29)/t18-/m0/s1. The van der Waals surface area contributed by atoms with E-state index in [0.29, 0.717) is 12.5 Å². The molecule has 0 aliphatic carbocycles. The molecule has 1 aromatic heterocycles. The molecule has 3 aromatic rings. The maximum atomic E-state index is 13.1. The van der Waals surface area contributed by atoms with Crippen molar-refractivity contribution in [3.8, 4) is 11.1 Å². The molecule has 1 fully saturated rings. The van der Waals surface area contributed by atoms with E-state index in [1.807, 2.05) is 31.2 Å². The van der Waals surface area contributed by atoms with E-state index in [0.717, 1.165) is 41.8 Å². The summed E-state index contributed by atoms with van der Waals surface area (Å²) in [6.45, 7) is 3.43. The second-order valence-corrected chi connectivity index (χ2v) is 7.42. The second-order valence-electron chi connectivity index (χ2n) is 7.42. The molecule has 5 nitrogen and oxygen atoms in total. The molecule has 0 radical (unpaired) electrons. The van der Waals surface area contributed by atoms with Gasteiger partial charge < -0.3 is 10.2 Å². The van der Waals surface area contributed by atoms with Gasteiger partial charge in [0.25, 0.3) is 0 Å². The summed E-state index contributed by atoms with van der Waals surface area (Å²) in [5, 5.41) is 3.01. The van der Waals surface area contributed by atoms with Crippen LogP contribution in [-0.2, 0) is 4.79 Å². The molecule has 0 bridgehead atoms. The molecule has 1 N–H and O–H groups in total. The van der Waals surface area contributed by atoms with E-state index in [2.05, 4.69) is 20.2 Å². The van der Waals surface area contributed by atoms with Crippen molar-refractivity contribution in [1.29, 1.82) is 0 Å². The van der Waals surface area contributed by atoms with Crippen LogP contribution in [0.4, 0.5) is 16.0 Å². The third-order valence-corrected chi connectivity index (χ3v) is 5.21. The van der Waals surface area contributed by atoms with Crippen molar-refractivity contribution >= 4 is 17.5 Å². The molecule has 1 aliphatic heterocycles. The molecule has 0 spiro atoms. The Labute approximate surface area is 169 Å². The fraction of sp³-hybridized carbons (Fsp3) is 0.261. The molecule has 4 rings (SSSR count). The van der Waals surface area contributed by atoms with E-state index in [1.54, 1.807) is 24.5 Å². The number of hydrogen-bond donors (Lipinski definition) is 1. The van der Waals surface area contributed by atoms with Gasteiger partial charge in [0.15, 0.2) is 0 Å². The first-order chi connectivity index (χ1) is 14.1. The highest BCUT2D eigenvalue weighted by molar-refractivity contribution is 5.93. The topological polar surface area (TPSA) is 58.1 Å². The number of aryl methyl sites for hydroxylation is 1. The van der Waals surface area contributed by atoms with Gasteiger partial charge in [-0.2, -0.15) is 0 Å². The minimum absolute atomic E-state index is 0.0292. The lowest BCUT2D eigenvalue weighted by Gasteiger charge is -2.32. The van der Waals surface area contributed by atoms with E-state index in [-0.39, 0.29) is 17.6 Å². The van der Waals surface area contributed by atoms with Crippen LogP contribution >= 0.6 is 0 Å². The summed E-state index contributed by atoms with van der Waals surface area (Å²) in [6, 6.07) is 14.1. The second kappa shape index (κ2) is 8.39. The number of anilines is 2. The molecule has 29 heavy (non-hydrogen) atoms. The van der Waals surface area contributed by atoms with Crippen LogP contribution in [0, 0.1) is 18.7 Å². The van der Waals surface area contributed by atoms with Gasteiger partial charge >= 0.3 is 0 Å². The van der Waals surface area contributed by atoms with E-state index in [1.165, 1.54) is 12.1 Å². The highest BCUT2D eigenvalue weighted by Crippen LogP contribution is 2.24. The molecule has 1 atom stereocenters. The Kier molecular flexibility index (Phi) is 5.51. The molecule has 1 aliphatic rings. The van der Waals surface area contributed by atoms with Crippen LogP contribution in [-0.4, -0.2) is 29.0 Å². The summed E-state index contributed by atoms with van der Waals surface area (Å²) in [4.78, 5) is 23.7. The first-order valence-corrected chi connectivity index (χ1v) is 9.79. The van der Waals surface area contributed by atoms with Crippen LogP contribution in [0.3, 0.4) is 0 Å². The number of benzene rings is 2. The van der Waals surface area contributed by atoms with E-state index >= 15 is 0 Å². The van der Waals surface area contributed by atoms with Gasteiger partial charge in [-0.25, -0.2) is 14.4 Å². The van der Waals surface area contributed by atoms with Crippen molar-refractivity contribution in [2.75, 3.05) is 23.3 Å². The van der Waals surface area contributed by atoms with Gasteiger partial charge in [0, 0.05) is 36.7 Å². The summed E-state index contributed by atoms with van der Waals surface area (Å²) in [5.74, 6) is 0.269. The fourth-order valence-electron chi connectivity index (χ4n) is 3.53. The molecule has 0 unspecified atom stereocenters. The first-order valence-electron chi connectivity index (χ1n) is 9.79. The first kappa shape index (κ1) is 19.1. The van der Waals surface area contributed by atoms with Gasteiger partial charge in [0.2, 0.25) is 11.9 Å². The molecule has 0 saturated carbocycles. The number of halogens is 1. The average molecular weight is 390 g/mol. The molecule has 1 amide bonds. The summed E-state index contributed by atoms with van der Waals surface area (Å²) in [5.41, 5.74) is 3.68. The Hall–Kier alpha value is -3.28. The molecule has 2 aromatic carbocycles. The van der Waals surface area contributed by atoms with Gasteiger partial charge in [-0.05, 0) is 49.6 Å². The zero-order valence-corrected chi connectivity index (χ0v) is 16.3. The molecule has 2 heterocycles. The normalized spacial score (nSPS) is 16.5. The van der Waals surface area contributed by atoms with E-state index in [9.17, 15) is 9.18 Å². The molecule has 6 heteroatoms. The van der Waals surface area contributed by atoms with Crippen LogP contribution in [0.15, 0.2) is 60.9 Å². The van der Waals surface area contributed by atoms with Crippen molar-refractivity contribution in [3.63, 3.8) is 0 Å². The quantitative estimate of drug-likeness (QED) is 0.715. The van der Waals surface area contributed by atoms with E-state index < -0.39 is 0 Å². The minimum atomic E-state index is -0.269. The zero-order valence-electron chi connectivity index (χ0n) is 16.3. The number of carbonyl (C=O) groups is 1. The van der Waals surface area contributed by atoms with Crippen molar-refractivity contribution in [2.45, 2.75) is 19.8 Å². The third-order valence-electron chi connectivity index (χ3n) is 5.21. The largest absolute Gasteiger partial charge is 0.340 e. The van der Waals surface area contributed by atoms with Crippen LogP contribution in [0.5, 0.6) is 0 Å². The van der Waals surface area contributed by atoms with Crippen molar-refractivity contribution in [1.82, 2.24) is 9.97 Å². The predicted molar refractivity (Wildman–Crippen MR) is 112 cm³/mol. The van der Waals surface area contributed by atoms with Crippen LogP contribution in [0.25, 0.3) is 11.1 Å². The maximum absolute atomic E-state index is 13.1. The number of carbonyl (C=O) groups excluding carboxylic acids is 1. The van der Waals surface area contributed by atoms with Crippen molar-refractivity contribution in [3.05, 3.63) is 72.3 Å². The lowest BCUT2D eigenvalue weighted by atomic mass is 9.97. The Bertz CT molecular complexity index is 971. The van der Waals surface area contributed by atoms with Gasteiger partial charge in [-0.15, -0.1) is 0 Å². The predicted octanol–water partition coefficient (Wildman–Crippen LogP) is 4.45. The van der Waals surface area contributed by atoms with Crippen molar-refractivity contribution < 1.29 is 9.18 Å². The monoisotopic (exact) mass is 390 g/mol. The maximum Gasteiger partial charge on any atom is 0.229 e. The van der Waals surface area contributed by atoms with Gasteiger partial charge in [0.1, 0.15) is 5.82 Å². The van der Waals surface area contributed by atoms with Crippen LogP contribution in [0.1, 0.15) is 18.4 Å². The Morgan fingerprint density at radius 1 is 1.03 bits per heavy atom. The summed E-state index contributed by atoms with van der Waals surface area (Å²) < 4.78 is 13.1. The summed E-state index contributed by atoms with van der Waals surface area (Å²) >= 11 is 0. The number of aromatic nitrogens is 2. The SMILES string of the molecule is Cc1ccc(NC(=O)[C@H]2CCCN(c3ncc(-c4ccc(F)cc4)cn3)C2)cc1. The lowest BCUT2D eigenvalue weighted by molar-refractivity contribution is -0.120. The number of rotatable bonds is 4. The Balaban J connectivity index is 1.41. The average Bonchev–Trinajstić information content (AvgIpc) is 2.76. The molecular formula is C23H23FN4O. The van der Waals surface area contributed by atoms with Gasteiger partial charge in [0.05, 0.1) is 5.92 Å².